The van der Waals surface area contributed by atoms with Crippen molar-refractivity contribution in [3.63, 3.8) is 0 Å². The molecule has 1 saturated heterocycles. The quantitative estimate of drug-likeness (QED) is 0.799. The van der Waals surface area contributed by atoms with E-state index in [1.165, 1.54) is 17.5 Å². The molecular weight excluding hydrogens is 337 g/mol. The predicted octanol–water partition coefficient (Wildman–Crippen LogP) is 1.62. The monoisotopic (exact) mass is 362 g/mol. The number of hydrogen-bond donors (Lipinski definition) is 1. The predicted molar refractivity (Wildman–Crippen MR) is 85.5 cm³/mol. The fourth-order valence-electron chi connectivity index (χ4n) is 3.21. The molecule has 0 radical (unpaired) electrons. The zero-order valence-corrected chi connectivity index (χ0v) is 14.6. The maximum absolute atomic E-state index is 12.4. The summed E-state index contributed by atoms with van der Waals surface area (Å²) in [6, 6.07) is 0.717. The Bertz CT molecular complexity index is 587. The highest BCUT2D eigenvalue weighted by atomic mass is 19.4. The van der Waals surface area contributed by atoms with E-state index in [2.05, 4.69) is 15.3 Å². The molecule has 25 heavy (non-hydrogen) atoms. The van der Waals surface area contributed by atoms with Gasteiger partial charge in [0.05, 0.1) is 24.0 Å². The Morgan fingerprint density at radius 3 is 2.80 bits per heavy atom. The van der Waals surface area contributed by atoms with Crippen molar-refractivity contribution < 1.29 is 22.6 Å². The van der Waals surface area contributed by atoms with Crippen LogP contribution in [-0.2, 0) is 18.3 Å². The molecular formula is C16H25F3N4O2. The molecule has 9 heteroatoms. The van der Waals surface area contributed by atoms with Gasteiger partial charge >= 0.3 is 6.18 Å². The number of rotatable bonds is 7. The van der Waals surface area contributed by atoms with Gasteiger partial charge < -0.3 is 14.8 Å². The largest absolute Gasteiger partial charge is 0.468 e. The Kier molecular flexibility index (Phi) is 5.55. The Hall–Kier alpha value is -1.32. The van der Waals surface area contributed by atoms with Crippen molar-refractivity contribution in [2.45, 2.75) is 44.6 Å². The lowest BCUT2D eigenvalue weighted by atomic mass is 10.2. The number of ether oxygens (including phenoxy) is 2. The molecule has 1 aromatic rings. The van der Waals surface area contributed by atoms with Crippen molar-refractivity contribution in [2.24, 2.45) is 7.05 Å². The zero-order valence-electron chi connectivity index (χ0n) is 14.6. The summed E-state index contributed by atoms with van der Waals surface area (Å²) in [5, 5.41) is 7.44. The fraction of sp³-hybridized carbons (Fsp3) is 0.812. The highest BCUT2D eigenvalue weighted by Crippen LogP contribution is 2.28. The summed E-state index contributed by atoms with van der Waals surface area (Å²) < 4.78 is 49.3. The average Bonchev–Trinajstić information content (AvgIpc) is 3.33. The maximum atomic E-state index is 12.4. The van der Waals surface area contributed by atoms with Gasteiger partial charge in [-0.3, -0.25) is 4.90 Å². The van der Waals surface area contributed by atoms with Gasteiger partial charge in [0.1, 0.15) is 0 Å². The van der Waals surface area contributed by atoms with Gasteiger partial charge in [0.15, 0.2) is 6.61 Å². The number of aromatic nitrogens is 2. The Balaban J connectivity index is 1.52. The van der Waals surface area contributed by atoms with Gasteiger partial charge in [-0.05, 0) is 19.8 Å². The summed E-state index contributed by atoms with van der Waals surface area (Å²) in [6.45, 7) is 4.12. The first kappa shape index (κ1) is 18.5. The summed E-state index contributed by atoms with van der Waals surface area (Å²) in [4.78, 5) is 2.46. The van der Waals surface area contributed by atoms with Crippen LogP contribution in [0.5, 0.6) is 5.88 Å². The van der Waals surface area contributed by atoms with Crippen LogP contribution in [0.1, 0.15) is 24.1 Å². The number of hydrogen-bond acceptors (Lipinski definition) is 5. The zero-order chi connectivity index (χ0) is 18.0. The number of nitrogens with one attached hydrogen (secondary N) is 1. The van der Waals surface area contributed by atoms with Crippen molar-refractivity contribution in [1.29, 1.82) is 0 Å². The summed E-state index contributed by atoms with van der Waals surface area (Å²) in [5.74, 6) is 0.159. The smallest absolute Gasteiger partial charge is 0.422 e. The molecule has 0 aromatic carbocycles. The molecule has 2 fully saturated rings. The van der Waals surface area contributed by atoms with Crippen molar-refractivity contribution in [3.05, 3.63) is 11.3 Å². The number of nitrogens with zero attached hydrogens (tertiary/aromatic N) is 3. The molecule has 0 bridgehead atoms. The minimum Gasteiger partial charge on any atom is -0.468 e. The summed E-state index contributed by atoms with van der Waals surface area (Å²) in [5.41, 5.74) is 1.32. The molecule has 1 N–H and O–H groups in total. The molecule has 1 aromatic heterocycles. The van der Waals surface area contributed by atoms with Crippen LogP contribution in [0, 0.1) is 6.92 Å². The van der Waals surface area contributed by atoms with Gasteiger partial charge in [-0.1, -0.05) is 0 Å². The first-order valence-corrected chi connectivity index (χ1v) is 8.62. The minimum atomic E-state index is -4.37. The molecule has 6 nitrogen and oxygen atoms in total. The second-order valence-electron chi connectivity index (χ2n) is 6.75. The fourth-order valence-corrected chi connectivity index (χ4v) is 3.21. The first-order valence-electron chi connectivity index (χ1n) is 8.62. The lowest BCUT2D eigenvalue weighted by molar-refractivity contribution is -0.154. The molecule has 3 rings (SSSR count). The summed E-state index contributed by atoms with van der Waals surface area (Å²) in [6.07, 6.45) is -1.72. The molecule has 1 saturated carbocycles. The van der Waals surface area contributed by atoms with Gasteiger partial charge in [-0.25, -0.2) is 4.68 Å². The number of morpholine rings is 1. The van der Waals surface area contributed by atoms with E-state index in [9.17, 15) is 13.2 Å². The minimum absolute atomic E-state index is 0.103. The van der Waals surface area contributed by atoms with Crippen LogP contribution < -0.4 is 10.1 Å². The highest BCUT2D eigenvalue weighted by Gasteiger charge is 2.33. The third kappa shape index (κ3) is 5.08. The average molecular weight is 362 g/mol. The lowest BCUT2D eigenvalue weighted by Gasteiger charge is -2.33. The van der Waals surface area contributed by atoms with Crippen LogP contribution in [-0.4, -0.2) is 65.9 Å². The van der Waals surface area contributed by atoms with Gasteiger partial charge in [0.25, 0.3) is 0 Å². The van der Waals surface area contributed by atoms with E-state index in [1.54, 1.807) is 14.0 Å². The second kappa shape index (κ2) is 7.51. The molecule has 0 unspecified atom stereocenters. The maximum Gasteiger partial charge on any atom is 0.422 e. The summed E-state index contributed by atoms with van der Waals surface area (Å²) in [7, 11) is 1.58. The van der Waals surface area contributed by atoms with Gasteiger partial charge in [-0.2, -0.15) is 18.3 Å². The number of alkyl halides is 3. The number of halogens is 3. The van der Waals surface area contributed by atoms with E-state index in [1.807, 2.05) is 0 Å². The molecule has 1 aliphatic carbocycles. The molecule has 2 aliphatic rings. The molecule has 142 valence electrons. The van der Waals surface area contributed by atoms with Crippen molar-refractivity contribution in [2.75, 3.05) is 32.8 Å². The Morgan fingerprint density at radius 1 is 1.36 bits per heavy atom. The van der Waals surface area contributed by atoms with Crippen LogP contribution in [0.3, 0.4) is 0 Å². The third-order valence-electron chi connectivity index (χ3n) is 4.57. The van der Waals surface area contributed by atoms with Gasteiger partial charge in [0, 0.05) is 39.3 Å². The molecule has 1 atom stereocenters. The van der Waals surface area contributed by atoms with Crippen molar-refractivity contribution >= 4 is 0 Å². The highest BCUT2D eigenvalue weighted by molar-refractivity contribution is 5.30. The van der Waals surface area contributed by atoms with E-state index in [-0.39, 0.29) is 12.0 Å². The second-order valence-corrected chi connectivity index (χ2v) is 6.75. The van der Waals surface area contributed by atoms with Gasteiger partial charge in [0.2, 0.25) is 5.88 Å². The normalized spacial score (nSPS) is 22.4. The van der Waals surface area contributed by atoms with Crippen LogP contribution in [0.4, 0.5) is 13.2 Å². The SMILES string of the molecule is Cc1nn(C)c(OCC(F)(F)F)c1CNC[C@@H]1CN(C2CC2)CCO1. The van der Waals surface area contributed by atoms with Crippen molar-refractivity contribution in [3.8, 4) is 5.88 Å². The Labute approximate surface area is 145 Å². The molecule has 1 aliphatic heterocycles. The van der Waals surface area contributed by atoms with Crippen LogP contribution in [0.25, 0.3) is 0 Å². The van der Waals surface area contributed by atoms with E-state index < -0.39 is 12.8 Å². The third-order valence-corrected chi connectivity index (χ3v) is 4.57. The molecule has 0 amide bonds. The standard InChI is InChI=1S/C16H25F3N4O2/c1-11-14(15(22(2)21-11)25-10-16(17,18)19)8-20-7-13-9-23(5-6-24-13)12-3-4-12/h12-13,20H,3-10H2,1-2H3/t13-/m1/s1. The van der Waals surface area contributed by atoms with Gasteiger partial charge in [-0.15, -0.1) is 0 Å². The Morgan fingerprint density at radius 2 is 2.12 bits per heavy atom. The van der Waals surface area contributed by atoms with Crippen LogP contribution in [0.15, 0.2) is 0 Å². The van der Waals surface area contributed by atoms with E-state index in [0.717, 1.165) is 19.7 Å². The molecule has 0 spiro atoms. The number of aryl methyl sites for hydroxylation is 2. The lowest BCUT2D eigenvalue weighted by Crippen LogP contribution is -2.47. The van der Waals surface area contributed by atoms with E-state index in [4.69, 9.17) is 9.47 Å². The van der Waals surface area contributed by atoms with Crippen molar-refractivity contribution in [1.82, 2.24) is 20.0 Å². The van der Waals surface area contributed by atoms with E-state index in [0.29, 0.717) is 30.4 Å². The summed E-state index contributed by atoms with van der Waals surface area (Å²) >= 11 is 0. The van der Waals surface area contributed by atoms with E-state index >= 15 is 0 Å². The van der Waals surface area contributed by atoms with Crippen LogP contribution in [0.2, 0.25) is 0 Å². The molecule has 2 heterocycles. The topological polar surface area (TPSA) is 51.5 Å². The van der Waals surface area contributed by atoms with Crippen LogP contribution >= 0.6 is 0 Å². The first-order chi connectivity index (χ1) is 11.8.